The Balaban J connectivity index is 2.06. The Labute approximate surface area is 121 Å². The first-order chi connectivity index (χ1) is 9.95. The molecule has 2 aromatic rings. The SMILES string of the molecule is Cc1cc(C(=O)O)ccc1NC(=O)Cc1ccc(F)cc1. The van der Waals surface area contributed by atoms with Gasteiger partial charge in [-0.05, 0) is 48.4 Å². The Morgan fingerprint density at radius 3 is 2.38 bits per heavy atom. The van der Waals surface area contributed by atoms with Gasteiger partial charge < -0.3 is 10.4 Å². The van der Waals surface area contributed by atoms with Crippen molar-refractivity contribution in [3.63, 3.8) is 0 Å². The third-order valence-electron chi connectivity index (χ3n) is 3.03. The summed E-state index contributed by atoms with van der Waals surface area (Å²) in [5, 5.41) is 11.6. The standard InChI is InChI=1S/C16H14FNO3/c1-10-8-12(16(20)21)4-7-14(10)18-15(19)9-11-2-5-13(17)6-3-11/h2-8H,9H2,1H3,(H,18,19)(H,20,21). The van der Waals surface area contributed by atoms with Crippen molar-refractivity contribution in [1.82, 2.24) is 0 Å². The fourth-order valence-corrected chi connectivity index (χ4v) is 1.92. The van der Waals surface area contributed by atoms with Crippen molar-refractivity contribution in [3.8, 4) is 0 Å². The monoisotopic (exact) mass is 287 g/mol. The Morgan fingerprint density at radius 2 is 1.81 bits per heavy atom. The van der Waals surface area contributed by atoms with E-state index in [4.69, 9.17) is 5.11 Å². The average molecular weight is 287 g/mol. The number of carbonyl (C=O) groups excluding carboxylic acids is 1. The molecule has 0 fully saturated rings. The van der Waals surface area contributed by atoms with E-state index in [1.54, 1.807) is 25.1 Å². The van der Waals surface area contributed by atoms with Crippen LogP contribution in [0.25, 0.3) is 0 Å². The van der Waals surface area contributed by atoms with E-state index in [0.717, 1.165) is 0 Å². The van der Waals surface area contributed by atoms with Crippen LogP contribution in [-0.4, -0.2) is 17.0 Å². The van der Waals surface area contributed by atoms with Gasteiger partial charge in [0.05, 0.1) is 12.0 Å². The normalized spacial score (nSPS) is 10.2. The Kier molecular flexibility index (Phi) is 4.33. The summed E-state index contributed by atoms with van der Waals surface area (Å²) in [6.07, 6.45) is 0.125. The molecule has 0 radical (unpaired) electrons. The molecule has 108 valence electrons. The van der Waals surface area contributed by atoms with Crippen LogP contribution in [0.3, 0.4) is 0 Å². The lowest BCUT2D eigenvalue weighted by Crippen LogP contribution is -2.15. The maximum absolute atomic E-state index is 12.8. The minimum atomic E-state index is -1.01. The van der Waals surface area contributed by atoms with Crippen molar-refractivity contribution >= 4 is 17.6 Å². The van der Waals surface area contributed by atoms with E-state index in [1.165, 1.54) is 24.3 Å². The van der Waals surface area contributed by atoms with Crippen LogP contribution >= 0.6 is 0 Å². The number of benzene rings is 2. The number of anilines is 1. The summed E-state index contributed by atoms with van der Waals surface area (Å²) in [4.78, 5) is 22.8. The van der Waals surface area contributed by atoms with Crippen molar-refractivity contribution in [2.24, 2.45) is 0 Å². The molecule has 5 heteroatoms. The molecule has 2 N–H and O–H groups in total. The van der Waals surface area contributed by atoms with E-state index in [0.29, 0.717) is 16.8 Å². The zero-order valence-electron chi connectivity index (χ0n) is 11.4. The van der Waals surface area contributed by atoms with Crippen molar-refractivity contribution in [1.29, 1.82) is 0 Å². The van der Waals surface area contributed by atoms with Crippen molar-refractivity contribution < 1.29 is 19.1 Å². The molecule has 4 nitrogen and oxygen atoms in total. The van der Waals surface area contributed by atoms with Crippen LogP contribution in [0.1, 0.15) is 21.5 Å². The van der Waals surface area contributed by atoms with E-state index in [9.17, 15) is 14.0 Å². The van der Waals surface area contributed by atoms with Gasteiger partial charge in [-0.3, -0.25) is 4.79 Å². The smallest absolute Gasteiger partial charge is 0.335 e. The number of aromatic carboxylic acids is 1. The minimum Gasteiger partial charge on any atom is -0.478 e. The number of aryl methyl sites for hydroxylation is 1. The van der Waals surface area contributed by atoms with Gasteiger partial charge in [0.15, 0.2) is 0 Å². The number of carboxylic acids is 1. The topological polar surface area (TPSA) is 66.4 Å². The second kappa shape index (κ2) is 6.17. The molecule has 2 rings (SSSR count). The number of halogens is 1. The van der Waals surface area contributed by atoms with E-state index in [-0.39, 0.29) is 23.7 Å². The quantitative estimate of drug-likeness (QED) is 0.908. The van der Waals surface area contributed by atoms with Gasteiger partial charge in [0.2, 0.25) is 5.91 Å². The lowest BCUT2D eigenvalue weighted by Gasteiger charge is -2.09. The van der Waals surface area contributed by atoms with E-state index in [2.05, 4.69) is 5.32 Å². The summed E-state index contributed by atoms with van der Waals surface area (Å²) in [7, 11) is 0. The largest absolute Gasteiger partial charge is 0.478 e. The highest BCUT2D eigenvalue weighted by Gasteiger charge is 2.09. The van der Waals surface area contributed by atoms with Crippen LogP contribution in [-0.2, 0) is 11.2 Å². The number of nitrogens with one attached hydrogen (secondary N) is 1. The van der Waals surface area contributed by atoms with Gasteiger partial charge >= 0.3 is 5.97 Å². The number of carboxylic acid groups (broad SMARTS) is 1. The Hall–Kier alpha value is -2.69. The lowest BCUT2D eigenvalue weighted by molar-refractivity contribution is -0.115. The van der Waals surface area contributed by atoms with Crippen LogP contribution in [0.2, 0.25) is 0 Å². The first-order valence-corrected chi connectivity index (χ1v) is 6.34. The van der Waals surface area contributed by atoms with Gasteiger partial charge in [-0.1, -0.05) is 12.1 Å². The molecule has 0 spiro atoms. The molecule has 0 aromatic heterocycles. The molecular weight excluding hydrogens is 273 g/mol. The highest BCUT2D eigenvalue weighted by molar-refractivity contribution is 5.94. The number of hydrogen-bond acceptors (Lipinski definition) is 2. The third-order valence-corrected chi connectivity index (χ3v) is 3.03. The predicted molar refractivity (Wildman–Crippen MR) is 76.9 cm³/mol. The third kappa shape index (κ3) is 3.89. The first kappa shape index (κ1) is 14.7. The summed E-state index contributed by atoms with van der Waals surface area (Å²) in [5.74, 6) is -1.60. The lowest BCUT2D eigenvalue weighted by atomic mass is 10.1. The van der Waals surface area contributed by atoms with Crippen LogP contribution in [0.5, 0.6) is 0 Å². The summed E-state index contributed by atoms with van der Waals surface area (Å²) >= 11 is 0. The molecular formula is C16H14FNO3. The zero-order chi connectivity index (χ0) is 15.4. The highest BCUT2D eigenvalue weighted by atomic mass is 19.1. The second-order valence-corrected chi connectivity index (χ2v) is 4.69. The Morgan fingerprint density at radius 1 is 1.14 bits per heavy atom. The summed E-state index contributed by atoms with van der Waals surface area (Å²) in [6.45, 7) is 1.72. The van der Waals surface area contributed by atoms with Gasteiger partial charge in [0, 0.05) is 5.69 Å². The number of amides is 1. The van der Waals surface area contributed by atoms with Crippen molar-refractivity contribution in [2.45, 2.75) is 13.3 Å². The highest BCUT2D eigenvalue weighted by Crippen LogP contribution is 2.17. The second-order valence-electron chi connectivity index (χ2n) is 4.69. The van der Waals surface area contributed by atoms with Crippen LogP contribution in [0.15, 0.2) is 42.5 Å². The summed E-state index contributed by atoms with van der Waals surface area (Å²) in [5.41, 5.74) is 2.10. The number of rotatable bonds is 4. The molecule has 0 saturated carbocycles. The summed E-state index contributed by atoms with van der Waals surface area (Å²) < 4.78 is 12.8. The van der Waals surface area contributed by atoms with Crippen LogP contribution < -0.4 is 5.32 Å². The molecule has 21 heavy (non-hydrogen) atoms. The first-order valence-electron chi connectivity index (χ1n) is 6.34. The molecule has 0 aliphatic heterocycles. The molecule has 0 aliphatic rings. The van der Waals surface area contributed by atoms with E-state index < -0.39 is 5.97 Å². The molecule has 0 bridgehead atoms. The van der Waals surface area contributed by atoms with E-state index in [1.807, 2.05) is 0 Å². The fourth-order valence-electron chi connectivity index (χ4n) is 1.92. The van der Waals surface area contributed by atoms with Crippen LogP contribution in [0, 0.1) is 12.7 Å². The number of carbonyl (C=O) groups is 2. The van der Waals surface area contributed by atoms with Crippen molar-refractivity contribution in [2.75, 3.05) is 5.32 Å². The average Bonchev–Trinajstić information content (AvgIpc) is 2.43. The predicted octanol–water partition coefficient (Wildman–Crippen LogP) is 3.01. The number of hydrogen-bond donors (Lipinski definition) is 2. The van der Waals surface area contributed by atoms with Gasteiger partial charge in [-0.25, -0.2) is 9.18 Å². The minimum absolute atomic E-state index is 0.125. The van der Waals surface area contributed by atoms with Crippen LogP contribution in [0.4, 0.5) is 10.1 Å². The molecule has 2 aromatic carbocycles. The maximum Gasteiger partial charge on any atom is 0.335 e. The van der Waals surface area contributed by atoms with Gasteiger partial charge in [-0.15, -0.1) is 0 Å². The van der Waals surface area contributed by atoms with Gasteiger partial charge in [-0.2, -0.15) is 0 Å². The van der Waals surface area contributed by atoms with Gasteiger partial charge in [0.25, 0.3) is 0 Å². The molecule has 1 amide bonds. The molecule has 0 atom stereocenters. The summed E-state index contributed by atoms with van der Waals surface area (Å²) in [6, 6.07) is 10.2. The Bertz CT molecular complexity index is 680. The maximum atomic E-state index is 12.8. The zero-order valence-corrected chi connectivity index (χ0v) is 11.4. The molecule has 0 saturated heterocycles. The van der Waals surface area contributed by atoms with Gasteiger partial charge in [0.1, 0.15) is 5.82 Å². The fraction of sp³-hybridized carbons (Fsp3) is 0.125. The van der Waals surface area contributed by atoms with E-state index >= 15 is 0 Å². The van der Waals surface area contributed by atoms with Crippen molar-refractivity contribution in [3.05, 3.63) is 65.0 Å². The molecule has 0 unspecified atom stereocenters. The molecule has 0 heterocycles. The molecule has 0 aliphatic carbocycles.